The number of hydrogen-bond acceptors (Lipinski definition) is 4. The number of nitrogens with one attached hydrogen (secondary N) is 1. The van der Waals surface area contributed by atoms with Crippen molar-refractivity contribution in [2.45, 2.75) is 20.4 Å². The number of aromatic hydroxyl groups is 1. The molecule has 2 N–H and O–H groups in total. The minimum atomic E-state index is 0.331. The van der Waals surface area contributed by atoms with E-state index in [0.717, 1.165) is 33.9 Å². The molecule has 2 aromatic rings. The molecule has 21 heavy (non-hydrogen) atoms. The van der Waals surface area contributed by atoms with Gasteiger partial charge in [0.1, 0.15) is 17.2 Å². The number of ether oxygens (including phenoxy) is 2. The van der Waals surface area contributed by atoms with Gasteiger partial charge in [-0.25, -0.2) is 0 Å². The molecule has 2 rings (SSSR count). The van der Waals surface area contributed by atoms with Crippen LogP contribution in [0.4, 0.5) is 5.69 Å². The zero-order valence-corrected chi connectivity index (χ0v) is 12.9. The molecule has 0 bridgehead atoms. The molecule has 0 spiro atoms. The van der Waals surface area contributed by atoms with E-state index in [1.165, 1.54) is 0 Å². The lowest BCUT2D eigenvalue weighted by molar-refractivity contribution is 0.399. The quantitative estimate of drug-likeness (QED) is 0.881. The van der Waals surface area contributed by atoms with Crippen LogP contribution in [-0.2, 0) is 6.54 Å². The number of benzene rings is 2. The molecule has 0 unspecified atom stereocenters. The molecule has 0 saturated heterocycles. The molecular weight excluding hydrogens is 266 g/mol. The molecule has 0 aliphatic carbocycles. The topological polar surface area (TPSA) is 50.7 Å². The first-order chi connectivity index (χ1) is 10.1. The molecule has 0 atom stereocenters. The average Bonchev–Trinajstić information content (AvgIpc) is 2.51. The Kier molecular flexibility index (Phi) is 4.58. The predicted octanol–water partition coefficient (Wildman–Crippen LogP) is 3.64. The number of rotatable bonds is 5. The molecule has 0 fully saturated rings. The van der Waals surface area contributed by atoms with Crippen molar-refractivity contribution < 1.29 is 14.6 Å². The third kappa shape index (κ3) is 3.21. The molecule has 2 aromatic carbocycles. The molecule has 0 amide bonds. The Bertz CT molecular complexity index is 638. The summed E-state index contributed by atoms with van der Waals surface area (Å²) in [6.07, 6.45) is 0. The van der Waals surface area contributed by atoms with Gasteiger partial charge in [-0.05, 0) is 43.7 Å². The van der Waals surface area contributed by atoms with E-state index in [9.17, 15) is 5.11 Å². The second kappa shape index (κ2) is 6.39. The molecule has 0 aliphatic rings. The van der Waals surface area contributed by atoms with Crippen LogP contribution in [0.15, 0.2) is 30.3 Å². The number of aryl methyl sites for hydroxylation is 1. The van der Waals surface area contributed by atoms with Crippen LogP contribution in [0.1, 0.15) is 16.7 Å². The molecule has 0 radical (unpaired) electrons. The summed E-state index contributed by atoms with van der Waals surface area (Å²) in [4.78, 5) is 0. The third-order valence-corrected chi connectivity index (χ3v) is 3.59. The smallest absolute Gasteiger partial charge is 0.124 e. The maximum absolute atomic E-state index is 9.98. The zero-order chi connectivity index (χ0) is 15.4. The average molecular weight is 287 g/mol. The highest BCUT2D eigenvalue weighted by Gasteiger charge is 2.08. The van der Waals surface area contributed by atoms with Crippen LogP contribution in [0, 0.1) is 13.8 Å². The van der Waals surface area contributed by atoms with Crippen LogP contribution in [-0.4, -0.2) is 19.3 Å². The lowest BCUT2D eigenvalue weighted by Crippen LogP contribution is -2.03. The molecule has 0 aliphatic heterocycles. The van der Waals surface area contributed by atoms with E-state index in [0.29, 0.717) is 12.3 Å². The van der Waals surface area contributed by atoms with Gasteiger partial charge in [0.05, 0.1) is 14.2 Å². The van der Waals surface area contributed by atoms with Crippen LogP contribution in [0.25, 0.3) is 0 Å². The van der Waals surface area contributed by atoms with Crippen LogP contribution in [0.3, 0.4) is 0 Å². The lowest BCUT2D eigenvalue weighted by atomic mass is 10.1. The van der Waals surface area contributed by atoms with Crippen molar-refractivity contribution in [2.75, 3.05) is 19.5 Å². The van der Waals surface area contributed by atoms with E-state index in [4.69, 9.17) is 9.47 Å². The maximum atomic E-state index is 9.98. The zero-order valence-electron chi connectivity index (χ0n) is 12.9. The van der Waals surface area contributed by atoms with E-state index in [-0.39, 0.29) is 0 Å². The summed E-state index contributed by atoms with van der Waals surface area (Å²) in [5.41, 5.74) is 3.62. The molecule has 0 saturated carbocycles. The Morgan fingerprint density at radius 2 is 1.81 bits per heavy atom. The first kappa shape index (κ1) is 15.0. The highest BCUT2D eigenvalue weighted by Crippen LogP contribution is 2.30. The van der Waals surface area contributed by atoms with Gasteiger partial charge in [-0.2, -0.15) is 0 Å². The van der Waals surface area contributed by atoms with Gasteiger partial charge in [0.25, 0.3) is 0 Å². The number of phenolic OH excluding ortho intramolecular Hbond substituents is 1. The maximum Gasteiger partial charge on any atom is 0.124 e. The summed E-state index contributed by atoms with van der Waals surface area (Å²) in [6.45, 7) is 4.37. The van der Waals surface area contributed by atoms with E-state index < -0.39 is 0 Å². The minimum Gasteiger partial charge on any atom is -0.507 e. The first-order valence-corrected chi connectivity index (χ1v) is 6.80. The molecule has 4 nitrogen and oxygen atoms in total. The number of hydrogen-bond donors (Lipinski definition) is 2. The van der Waals surface area contributed by atoms with Gasteiger partial charge in [-0.15, -0.1) is 0 Å². The Morgan fingerprint density at radius 3 is 2.48 bits per heavy atom. The van der Waals surface area contributed by atoms with Crippen molar-refractivity contribution in [3.05, 3.63) is 47.0 Å². The third-order valence-electron chi connectivity index (χ3n) is 3.59. The van der Waals surface area contributed by atoms with E-state index in [1.807, 2.05) is 44.2 Å². The number of phenols is 1. The van der Waals surface area contributed by atoms with E-state index in [1.54, 1.807) is 14.2 Å². The first-order valence-electron chi connectivity index (χ1n) is 6.80. The summed E-state index contributed by atoms with van der Waals surface area (Å²) >= 11 is 0. The Balaban J connectivity index is 2.22. The normalized spacial score (nSPS) is 10.3. The lowest BCUT2D eigenvalue weighted by Gasteiger charge is -2.15. The summed E-state index contributed by atoms with van der Waals surface area (Å²) in [5.74, 6) is 1.92. The second-order valence-electron chi connectivity index (χ2n) is 4.93. The van der Waals surface area contributed by atoms with Crippen LogP contribution in [0.5, 0.6) is 17.2 Å². The highest BCUT2D eigenvalue weighted by molar-refractivity contribution is 5.59. The van der Waals surface area contributed by atoms with Gasteiger partial charge in [0.15, 0.2) is 0 Å². The molecule has 0 heterocycles. The fraction of sp³-hybridized carbons (Fsp3) is 0.294. The molecule has 0 aromatic heterocycles. The Hall–Kier alpha value is -2.36. The van der Waals surface area contributed by atoms with Gasteiger partial charge in [0, 0.05) is 23.4 Å². The molecule has 4 heteroatoms. The van der Waals surface area contributed by atoms with Gasteiger partial charge in [0.2, 0.25) is 0 Å². The molecular formula is C17H21NO3. The summed E-state index contributed by atoms with van der Waals surface area (Å²) < 4.78 is 10.6. The van der Waals surface area contributed by atoms with Gasteiger partial charge >= 0.3 is 0 Å². The van der Waals surface area contributed by atoms with Crippen LogP contribution < -0.4 is 14.8 Å². The largest absolute Gasteiger partial charge is 0.507 e. The standard InChI is InChI=1S/C17H21NO3/c1-11-5-7-15(12(2)17(11)19)18-10-13-9-14(20-3)6-8-16(13)21-4/h5-9,18-19H,10H2,1-4H3. The SMILES string of the molecule is COc1ccc(OC)c(CNc2ccc(C)c(O)c2C)c1. The van der Waals surface area contributed by atoms with E-state index >= 15 is 0 Å². The van der Waals surface area contributed by atoms with Gasteiger partial charge < -0.3 is 19.9 Å². The summed E-state index contributed by atoms with van der Waals surface area (Å²) in [7, 11) is 3.29. The van der Waals surface area contributed by atoms with Crippen molar-refractivity contribution in [3.8, 4) is 17.2 Å². The summed E-state index contributed by atoms with van der Waals surface area (Å²) in [6, 6.07) is 9.56. The number of methoxy groups -OCH3 is 2. The fourth-order valence-electron chi connectivity index (χ4n) is 2.24. The Morgan fingerprint density at radius 1 is 1.05 bits per heavy atom. The predicted molar refractivity (Wildman–Crippen MR) is 84.5 cm³/mol. The van der Waals surface area contributed by atoms with Crippen molar-refractivity contribution >= 4 is 5.69 Å². The van der Waals surface area contributed by atoms with Crippen molar-refractivity contribution in [3.63, 3.8) is 0 Å². The van der Waals surface area contributed by atoms with Crippen molar-refractivity contribution in [2.24, 2.45) is 0 Å². The highest BCUT2D eigenvalue weighted by atomic mass is 16.5. The minimum absolute atomic E-state index is 0.331. The van der Waals surface area contributed by atoms with Gasteiger partial charge in [-0.1, -0.05) is 6.07 Å². The van der Waals surface area contributed by atoms with Gasteiger partial charge in [-0.3, -0.25) is 0 Å². The number of anilines is 1. The van der Waals surface area contributed by atoms with Crippen molar-refractivity contribution in [1.82, 2.24) is 0 Å². The second-order valence-corrected chi connectivity index (χ2v) is 4.93. The van der Waals surface area contributed by atoms with Crippen LogP contribution >= 0.6 is 0 Å². The molecule has 112 valence electrons. The van der Waals surface area contributed by atoms with E-state index in [2.05, 4.69) is 5.32 Å². The van der Waals surface area contributed by atoms with Crippen molar-refractivity contribution in [1.29, 1.82) is 0 Å². The summed E-state index contributed by atoms with van der Waals surface area (Å²) in [5, 5.41) is 13.3. The van der Waals surface area contributed by atoms with Crippen LogP contribution in [0.2, 0.25) is 0 Å². The monoisotopic (exact) mass is 287 g/mol. The fourth-order valence-corrected chi connectivity index (χ4v) is 2.24. The Labute approximate surface area is 125 Å².